The standard InChI is InChI=1S/C21H25BCl2N2O4/c1-13(2)10-19(22(29)30)26-21(28)18(11-14-6-4-3-5-7-14)25-20(27)16-9-8-15(23)12-17(16)24/h3-9,12-13,18-19,29-30H,10-11H2,1-2H3,(H,25,27)(H,26,28)/t18-,19-/m0/s1. The van der Waals surface area contributed by atoms with Gasteiger partial charge in [-0.2, -0.15) is 0 Å². The van der Waals surface area contributed by atoms with Gasteiger partial charge in [-0.25, -0.2) is 0 Å². The average Bonchev–Trinajstić information content (AvgIpc) is 2.67. The molecule has 0 saturated carbocycles. The lowest BCUT2D eigenvalue weighted by atomic mass is 9.75. The van der Waals surface area contributed by atoms with E-state index in [9.17, 15) is 19.6 Å². The molecule has 0 aliphatic carbocycles. The van der Waals surface area contributed by atoms with Crippen LogP contribution in [0.4, 0.5) is 0 Å². The molecule has 2 aromatic carbocycles. The fraction of sp³-hybridized carbons (Fsp3) is 0.333. The summed E-state index contributed by atoms with van der Waals surface area (Å²) >= 11 is 12.0. The lowest BCUT2D eigenvalue weighted by Crippen LogP contribution is -2.55. The minimum atomic E-state index is -1.71. The van der Waals surface area contributed by atoms with Crippen LogP contribution in [0.3, 0.4) is 0 Å². The molecule has 0 aliphatic rings. The highest BCUT2D eigenvalue weighted by Gasteiger charge is 2.30. The van der Waals surface area contributed by atoms with Crippen molar-refractivity contribution in [3.8, 4) is 0 Å². The van der Waals surface area contributed by atoms with E-state index in [2.05, 4.69) is 10.6 Å². The summed E-state index contributed by atoms with van der Waals surface area (Å²) < 4.78 is 0. The summed E-state index contributed by atoms with van der Waals surface area (Å²) in [6.45, 7) is 3.82. The number of nitrogens with one attached hydrogen (secondary N) is 2. The number of halogens is 2. The van der Waals surface area contributed by atoms with Gasteiger partial charge in [0, 0.05) is 11.4 Å². The number of amides is 2. The highest BCUT2D eigenvalue weighted by atomic mass is 35.5. The Labute approximate surface area is 186 Å². The van der Waals surface area contributed by atoms with Crippen LogP contribution >= 0.6 is 23.2 Å². The molecule has 4 N–H and O–H groups in total. The second kappa shape index (κ2) is 11.4. The summed E-state index contributed by atoms with van der Waals surface area (Å²) in [7, 11) is -1.71. The predicted molar refractivity (Wildman–Crippen MR) is 119 cm³/mol. The highest BCUT2D eigenvalue weighted by Crippen LogP contribution is 2.21. The van der Waals surface area contributed by atoms with E-state index in [4.69, 9.17) is 23.2 Å². The maximum absolute atomic E-state index is 12.9. The number of carbonyl (C=O) groups is 2. The van der Waals surface area contributed by atoms with Crippen LogP contribution in [-0.4, -0.2) is 41.0 Å². The smallest absolute Gasteiger partial charge is 0.426 e. The molecule has 0 radical (unpaired) electrons. The van der Waals surface area contributed by atoms with Crippen LogP contribution in [-0.2, 0) is 11.2 Å². The Morgan fingerprint density at radius 3 is 2.27 bits per heavy atom. The minimum Gasteiger partial charge on any atom is -0.426 e. The van der Waals surface area contributed by atoms with E-state index in [1.54, 1.807) is 0 Å². The molecule has 0 heterocycles. The van der Waals surface area contributed by atoms with Crippen molar-refractivity contribution in [2.75, 3.05) is 0 Å². The van der Waals surface area contributed by atoms with Crippen molar-refractivity contribution in [3.05, 3.63) is 69.7 Å². The summed E-state index contributed by atoms with van der Waals surface area (Å²) in [5.41, 5.74) is 1.03. The second-order valence-corrected chi connectivity index (χ2v) is 8.34. The molecule has 2 aromatic rings. The molecule has 0 saturated heterocycles. The van der Waals surface area contributed by atoms with E-state index in [0.717, 1.165) is 5.56 Å². The molecule has 2 atom stereocenters. The first-order valence-electron chi connectivity index (χ1n) is 9.63. The molecule has 0 aliphatic heterocycles. The Kier molecular flexibility index (Phi) is 9.18. The lowest BCUT2D eigenvalue weighted by Gasteiger charge is -2.24. The molecular weight excluding hydrogens is 426 g/mol. The van der Waals surface area contributed by atoms with E-state index < -0.39 is 30.9 Å². The molecule has 160 valence electrons. The third-order valence-corrected chi connectivity index (χ3v) is 5.04. The van der Waals surface area contributed by atoms with E-state index in [0.29, 0.717) is 11.4 Å². The van der Waals surface area contributed by atoms with Gasteiger partial charge < -0.3 is 20.7 Å². The Balaban J connectivity index is 2.22. The van der Waals surface area contributed by atoms with Crippen molar-refractivity contribution in [1.29, 1.82) is 0 Å². The fourth-order valence-electron chi connectivity index (χ4n) is 3.02. The third kappa shape index (κ3) is 7.33. The topological polar surface area (TPSA) is 98.7 Å². The van der Waals surface area contributed by atoms with E-state index in [1.807, 2.05) is 44.2 Å². The monoisotopic (exact) mass is 450 g/mol. The van der Waals surface area contributed by atoms with Gasteiger partial charge in [0.1, 0.15) is 6.04 Å². The summed E-state index contributed by atoms with van der Waals surface area (Å²) in [5.74, 6) is -1.77. The van der Waals surface area contributed by atoms with Crippen LogP contribution in [0.2, 0.25) is 10.0 Å². The minimum absolute atomic E-state index is 0.132. The van der Waals surface area contributed by atoms with Crippen LogP contribution in [0.5, 0.6) is 0 Å². The SMILES string of the molecule is CC(C)C[C@H](NC(=O)[C@H](Cc1ccccc1)NC(=O)c1ccc(Cl)cc1Cl)B(O)O. The number of hydrogen-bond donors (Lipinski definition) is 4. The zero-order valence-corrected chi connectivity index (χ0v) is 18.3. The first kappa shape index (κ1) is 24.2. The summed E-state index contributed by atoms with van der Waals surface area (Å²) in [5, 5.41) is 25.2. The van der Waals surface area contributed by atoms with Crippen molar-refractivity contribution < 1.29 is 19.6 Å². The number of carbonyl (C=O) groups excluding carboxylic acids is 2. The Morgan fingerprint density at radius 2 is 1.70 bits per heavy atom. The van der Waals surface area contributed by atoms with Crippen molar-refractivity contribution in [2.24, 2.45) is 5.92 Å². The fourth-order valence-corrected chi connectivity index (χ4v) is 3.51. The summed E-state index contributed by atoms with van der Waals surface area (Å²) in [6.07, 6.45) is 0.595. The second-order valence-electron chi connectivity index (χ2n) is 7.50. The lowest BCUT2D eigenvalue weighted by molar-refractivity contribution is -0.123. The molecule has 2 rings (SSSR count). The summed E-state index contributed by atoms with van der Waals surface area (Å²) in [6, 6.07) is 12.7. The number of benzene rings is 2. The molecule has 0 spiro atoms. The molecule has 30 heavy (non-hydrogen) atoms. The van der Waals surface area contributed by atoms with Gasteiger partial charge in [0.05, 0.1) is 16.5 Å². The number of rotatable bonds is 9. The predicted octanol–water partition coefficient (Wildman–Crippen LogP) is 2.88. The molecule has 0 bridgehead atoms. The first-order valence-corrected chi connectivity index (χ1v) is 10.4. The molecule has 0 unspecified atom stereocenters. The molecule has 9 heteroatoms. The van der Waals surface area contributed by atoms with E-state index in [1.165, 1.54) is 18.2 Å². The van der Waals surface area contributed by atoms with Gasteiger partial charge in [0.25, 0.3) is 5.91 Å². The van der Waals surface area contributed by atoms with Crippen LogP contribution in [0.25, 0.3) is 0 Å². The zero-order chi connectivity index (χ0) is 22.3. The van der Waals surface area contributed by atoms with Crippen LogP contribution < -0.4 is 10.6 Å². The largest absolute Gasteiger partial charge is 0.475 e. The first-order chi connectivity index (χ1) is 14.2. The van der Waals surface area contributed by atoms with Crippen LogP contribution in [0.15, 0.2) is 48.5 Å². The molecule has 6 nitrogen and oxygen atoms in total. The maximum atomic E-state index is 12.9. The summed E-state index contributed by atoms with van der Waals surface area (Å²) in [4.78, 5) is 25.7. The molecular formula is C21H25BCl2N2O4. The number of hydrogen-bond acceptors (Lipinski definition) is 4. The molecule has 0 aromatic heterocycles. The van der Waals surface area contributed by atoms with Gasteiger partial charge in [0.2, 0.25) is 5.91 Å². The highest BCUT2D eigenvalue weighted by molar-refractivity contribution is 6.43. The van der Waals surface area contributed by atoms with Crippen molar-refractivity contribution in [1.82, 2.24) is 10.6 Å². The van der Waals surface area contributed by atoms with Gasteiger partial charge >= 0.3 is 7.12 Å². The van der Waals surface area contributed by atoms with Gasteiger partial charge in [-0.05, 0) is 36.1 Å². The Bertz CT molecular complexity index is 865. The Morgan fingerprint density at radius 1 is 1.03 bits per heavy atom. The average molecular weight is 451 g/mol. The third-order valence-electron chi connectivity index (χ3n) is 4.49. The zero-order valence-electron chi connectivity index (χ0n) is 16.8. The van der Waals surface area contributed by atoms with Crippen molar-refractivity contribution in [2.45, 2.75) is 38.7 Å². The van der Waals surface area contributed by atoms with Gasteiger partial charge in [-0.15, -0.1) is 0 Å². The van der Waals surface area contributed by atoms with Gasteiger partial charge in [0.15, 0.2) is 0 Å². The maximum Gasteiger partial charge on any atom is 0.475 e. The van der Waals surface area contributed by atoms with E-state index in [-0.39, 0.29) is 22.9 Å². The van der Waals surface area contributed by atoms with Crippen LogP contribution in [0.1, 0.15) is 36.2 Å². The Hall–Kier alpha value is -2.06. The van der Waals surface area contributed by atoms with Crippen LogP contribution in [0, 0.1) is 5.92 Å². The van der Waals surface area contributed by atoms with Crippen molar-refractivity contribution >= 4 is 42.1 Å². The quantitative estimate of drug-likeness (QED) is 0.441. The van der Waals surface area contributed by atoms with Crippen molar-refractivity contribution in [3.63, 3.8) is 0 Å². The van der Waals surface area contributed by atoms with Gasteiger partial charge in [-0.1, -0.05) is 67.4 Å². The molecule has 2 amide bonds. The molecule has 0 fully saturated rings. The van der Waals surface area contributed by atoms with Gasteiger partial charge in [-0.3, -0.25) is 9.59 Å². The normalized spacial score (nSPS) is 12.9. The van der Waals surface area contributed by atoms with E-state index >= 15 is 0 Å².